The Hall–Kier alpha value is -3.94. The van der Waals surface area contributed by atoms with Crippen LogP contribution in [0.25, 0.3) is 5.57 Å². The van der Waals surface area contributed by atoms with Crippen molar-refractivity contribution in [1.29, 1.82) is 0 Å². The van der Waals surface area contributed by atoms with Gasteiger partial charge in [0, 0.05) is 62.2 Å². The quantitative estimate of drug-likeness (QED) is 0.416. The molecule has 0 spiro atoms. The molecule has 0 radical (unpaired) electrons. The number of carbonyl (C=O) groups is 2. The normalized spacial score (nSPS) is 13.3. The summed E-state index contributed by atoms with van der Waals surface area (Å²) in [5.74, 6) is -0.986. The molecule has 0 unspecified atom stereocenters. The molecule has 0 aliphatic carbocycles. The van der Waals surface area contributed by atoms with E-state index < -0.39 is 16.7 Å². The Bertz CT molecular complexity index is 1100. The number of benzene rings is 2. The van der Waals surface area contributed by atoms with Crippen molar-refractivity contribution in [3.05, 3.63) is 81.4 Å². The fourth-order valence-electron chi connectivity index (χ4n) is 3.49. The number of imide groups is 1. The Kier molecular flexibility index (Phi) is 5.68. The number of para-hydroxylation sites is 1. The van der Waals surface area contributed by atoms with Crippen LogP contribution in [-0.2, 0) is 16.0 Å². The van der Waals surface area contributed by atoms with Crippen LogP contribution >= 0.6 is 0 Å². The third-order valence-corrected chi connectivity index (χ3v) is 4.98. The van der Waals surface area contributed by atoms with E-state index in [2.05, 4.69) is 17.2 Å². The fraction of sp³-hybridized carbons (Fsp3) is 0.182. The number of nitro groups is 1. The van der Waals surface area contributed by atoms with Gasteiger partial charge in [-0.1, -0.05) is 24.8 Å². The number of hydrogen-bond acceptors (Lipinski definition) is 6. The van der Waals surface area contributed by atoms with Crippen molar-refractivity contribution in [1.82, 2.24) is 5.32 Å². The maximum atomic E-state index is 12.6. The third-order valence-electron chi connectivity index (χ3n) is 4.98. The maximum absolute atomic E-state index is 12.6. The largest absolute Gasteiger partial charge is 0.388 e. The van der Waals surface area contributed by atoms with Gasteiger partial charge in [0.2, 0.25) is 0 Å². The summed E-state index contributed by atoms with van der Waals surface area (Å²) in [6.07, 6.45) is 0.129. The zero-order chi connectivity index (χ0) is 22.0. The van der Waals surface area contributed by atoms with Crippen molar-refractivity contribution in [2.24, 2.45) is 0 Å². The Morgan fingerprint density at radius 3 is 2.50 bits per heavy atom. The number of nitrogens with zero attached hydrogens (tertiary/aromatic N) is 2. The van der Waals surface area contributed by atoms with E-state index in [9.17, 15) is 19.7 Å². The molecule has 2 aromatic rings. The molecule has 8 heteroatoms. The van der Waals surface area contributed by atoms with E-state index in [-0.39, 0.29) is 23.3 Å². The topological polar surface area (TPSA) is 105 Å². The van der Waals surface area contributed by atoms with Crippen LogP contribution in [0.3, 0.4) is 0 Å². The first-order valence-electron chi connectivity index (χ1n) is 9.24. The molecule has 2 N–H and O–H groups in total. The molecule has 0 fully saturated rings. The van der Waals surface area contributed by atoms with Gasteiger partial charge in [-0.25, -0.2) is 0 Å². The Balaban J connectivity index is 2.08. The minimum Gasteiger partial charge on any atom is -0.388 e. The number of non-ortho nitro benzene ring substituents is 1. The van der Waals surface area contributed by atoms with Gasteiger partial charge in [-0.3, -0.25) is 25.0 Å². The SMILES string of the molecule is C=C(C1=C(Cc2ccc([N+](=O)[O-])cc2NC)C(=O)NC1=O)c1ccccc1N(C)C. The van der Waals surface area contributed by atoms with E-state index in [0.29, 0.717) is 16.8 Å². The Labute approximate surface area is 174 Å². The fourth-order valence-corrected chi connectivity index (χ4v) is 3.49. The van der Waals surface area contributed by atoms with E-state index in [4.69, 9.17) is 0 Å². The molecule has 1 aliphatic rings. The van der Waals surface area contributed by atoms with Gasteiger partial charge in [-0.05, 0) is 23.3 Å². The average Bonchev–Trinajstić information content (AvgIpc) is 3.00. The van der Waals surface area contributed by atoms with Crippen molar-refractivity contribution >= 4 is 34.4 Å². The van der Waals surface area contributed by atoms with E-state index >= 15 is 0 Å². The monoisotopic (exact) mass is 406 g/mol. The van der Waals surface area contributed by atoms with Gasteiger partial charge < -0.3 is 10.2 Å². The van der Waals surface area contributed by atoms with Crippen LogP contribution in [0.4, 0.5) is 17.1 Å². The second-order valence-electron chi connectivity index (χ2n) is 7.05. The molecule has 0 aromatic heterocycles. The minimum absolute atomic E-state index is 0.0615. The number of anilines is 2. The molecule has 1 aliphatic heterocycles. The highest BCUT2D eigenvalue weighted by atomic mass is 16.6. The summed E-state index contributed by atoms with van der Waals surface area (Å²) in [5.41, 5.74) is 3.69. The van der Waals surface area contributed by atoms with E-state index in [1.54, 1.807) is 13.1 Å². The number of amides is 2. The lowest BCUT2D eigenvalue weighted by molar-refractivity contribution is -0.384. The van der Waals surface area contributed by atoms with E-state index in [1.165, 1.54) is 12.1 Å². The molecule has 8 nitrogen and oxygen atoms in total. The first-order valence-corrected chi connectivity index (χ1v) is 9.24. The molecule has 2 aromatic carbocycles. The number of nitro benzene ring substituents is 1. The molecule has 3 rings (SSSR count). The van der Waals surface area contributed by atoms with Gasteiger partial charge in [0.25, 0.3) is 17.5 Å². The highest BCUT2D eigenvalue weighted by molar-refractivity contribution is 6.26. The zero-order valence-corrected chi connectivity index (χ0v) is 17.0. The van der Waals surface area contributed by atoms with Crippen molar-refractivity contribution < 1.29 is 14.5 Å². The van der Waals surface area contributed by atoms with Crippen molar-refractivity contribution in [3.8, 4) is 0 Å². The van der Waals surface area contributed by atoms with Crippen molar-refractivity contribution in [3.63, 3.8) is 0 Å². The van der Waals surface area contributed by atoms with Crippen LogP contribution in [0, 0.1) is 10.1 Å². The van der Waals surface area contributed by atoms with E-state index in [1.807, 2.05) is 43.3 Å². The Morgan fingerprint density at radius 2 is 1.87 bits per heavy atom. The summed E-state index contributed by atoms with van der Waals surface area (Å²) in [4.78, 5) is 37.6. The van der Waals surface area contributed by atoms with Gasteiger partial charge >= 0.3 is 0 Å². The lowest BCUT2D eigenvalue weighted by atomic mass is 9.91. The lowest BCUT2D eigenvalue weighted by Crippen LogP contribution is -2.23. The first-order chi connectivity index (χ1) is 14.2. The maximum Gasteiger partial charge on any atom is 0.271 e. The summed E-state index contributed by atoms with van der Waals surface area (Å²) < 4.78 is 0. The third kappa shape index (κ3) is 3.80. The zero-order valence-electron chi connectivity index (χ0n) is 17.0. The van der Waals surface area contributed by atoms with Crippen LogP contribution in [0.15, 0.2) is 60.2 Å². The van der Waals surface area contributed by atoms with Gasteiger partial charge in [0.05, 0.1) is 10.5 Å². The second kappa shape index (κ2) is 8.20. The van der Waals surface area contributed by atoms with Gasteiger partial charge in [-0.15, -0.1) is 0 Å². The van der Waals surface area contributed by atoms with Crippen molar-refractivity contribution in [2.75, 3.05) is 31.4 Å². The lowest BCUT2D eigenvalue weighted by Gasteiger charge is -2.19. The molecular formula is C22H22N4O4. The molecule has 0 saturated carbocycles. The highest BCUT2D eigenvalue weighted by Crippen LogP contribution is 2.35. The standard InChI is InChI=1S/C22H22N4O4/c1-13(16-7-5-6-8-19(16)25(3)4)20-17(21(27)24-22(20)28)11-14-9-10-15(26(29)30)12-18(14)23-2/h5-10,12,23H,1,11H2,2-4H3,(H,24,27,28). The predicted octanol–water partition coefficient (Wildman–Crippen LogP) is 2.91. The van der Waals surface area contributed by atoms with Crippen LogP contribution in [-0.4, -0.2) is 37.9 Å². The minimum atomic E-state index is -0.499. The molecule has 0 saturated heterocycles. The smallest absolute Gasteiger partial charge is 0.271 e. The Morgan fingerprint density at radius 1 is 1.17 bits per heavy atom. The van der Waals surface area contributed by atoms with Crippen LogP contribution < -0.4 is 15.5 Å². The van der Waals surface area contributed by atoms with Gasteiger partial charge in [0.15, 0.2) is 0 Å². The number of carbonyl (C=O) groups excluding carboxylic acids is 2. The number of nitrogens with one attached hydrogen (secondary N) is 2. The summed E-state index contributed by atoms with van der Waals surface area (Å²) in [7, 11) is 5.42. The van der Waals surface area contributed by atoms with Crippen LogP contribution in [0.2, 0.25) is 0 Å². The molecule has 2 amide bonds. The first kappa shape index (κ1) is 20.8. The van der Waals surface area contributed by atoms with Gasteiger partial charge in [0.1, 0.15) is 0 Å². The summed E-state index contributed by atoms with van der Waals surface area (Å²) in [6.45, 7) is 4.10. The van der Waals surface area contributed by atoms with Crippen molar-refractivity contribution in [2.45, 2.75) is 6.42 Å². The molecule has 154 valence electrons. The summed E-state index contributed by atoms with van der Waals surface area (Å²) in [6, 6.07) is 11.9. The molecule has 0 bridgehead atoms. The van der Waals surface area contributed by atoms with E-state index in [0.717, 1.165) is 11.3 Å². The average molecular weight is 406 g/mol. The molecular weight excluding hydrogens is 384 g/mol. The molecule has 30 heavy (non-hydrogen) atoms. The predicted molar refractivity (Wildman–Crippen MR) is 116 cm³/mol. The summed E-state index contributed by atoms with van der Waals surface area (Å²) in [5, 5.41) is 16.3. The second-order valence-corrected chi connectivity index (χ2v) is 7.05. The summed E-state index contributed by atoms with van der Waals surface area (Å²) >= 11 is 0. The van der Waals surface area contributed by atoms with Crippen LogP contribution in [0.5, 0.6) is 0 Å². The number of rotatable bonds is 7. The molecule has 1 heterocycles. The number of hydrogen-bond donors (Lipinski definition) is 2. The highest BCUT2D eigenvalue weighted by Gasteiger charge is 2.33. The van der Waals surface area contributed by atoms with Gasteiger partial charge in [-0.2, -0.15) is 0 Å². The molecule has 0 atom stereocenters. The van der Waals surface area contributed by atoms with Crippen LogP contribution in [0.1, 0.15) is 11.1 Å².